The molecular weight excluding hydrogens is 300 g/mol. The summed E-state index contributed by atoms with van der Waals surface area (Å²) >= 11 is 1.52. The number of hydrogen-bond donors (Lipinski definition) is 2. The van der Waals surface area contributed by atoms with Gasteiger partial charge in [-0.1, -0.05) is 0 Å². The number of anilines is 1. The van der Waals surface area contributed by atoms with Crippen LogP contribution in [0.1, 0.15) is 29.8 Å². The third-order valence-corrected chi connectivity index (χ3v) is 5.52. The van der Waals surface area contributed by atoms with E-state index in [0.717, 1.165) is 56.1 Å². The highest BCUT2D eigenvalue weighted by Gasteiger charge is 2.28. The molecule has 2 aliphatic heterocycles. The van der Waals surface area contributed by atoms with E-state index in [1.807, 2.05) is 13.8 Å². The van der Waals surface area contributed by atoms with Gasteiger partial charge in [0.1, 0.15) is 0 Å². The molecule has 3 heterocycles. The Bertz CT molecular complexity index is 500. The van der Waals surface area contributed by atoms with E-state index in [2.05, 4.69) is 20.5 Å². The number of likely N-dealkylation sites (tertiary alicyclic amines) is 1. The van der Waals surface area contributed by atoms with Gasteiger partial charge in [0, 0.05) is 36.7 Å². The van der Waals surface area contributed by atoms with Crippen molar-refractivity contribution < 1.29 is 9.53 Å². The molecule has 2 N–H and O–H groups in total. The maximum atomic E-state index is 12.0. The van der Waals surface area contributed by atoms with E-state index in [1.54, 1.807) is 0 Å². The van der Waals surface area contributed by atoms with Gasteiger partial charge in [-0.15, -0.1) is 11.3 Å². The normalized spacial score (nSPS) is 23.6. The van der Waals surface area contributed by atoms with Gasteiger partial charge < -0.3 is 10.1 Å². The molecule has 2 amide bonds. The molecule has 122 valence electrons. The SMILES string of the molecule is Cc1nc(NC(=O)NC2CCN([C@@H]3CCOC3)CC2)sc1C. The second-order valence-electron chi connectivity index (χ2n) is 6.09. The number of rotatable bonds is 3. The predicted molar refractivity (Wildman–Crippen MR) is 87.6 cm³/mol. The zero-order valence-corrected chi connectivity index (χ0v) is 14.0. The Labute approximate surface area is 135 Å². The lowest BCUT2D eigenvalue weighted by atomic mass is 10.0. The standard InChI is InChI=1S/C15H24N4O2S/c1-10-11(2)22-15(16-10)18-14(20)17-12-3-6-19(7-4-12)13-5-8-21-9-13/h12-13H,3-9H2,1-2H3,(H2,16,17,18,20)/t13-/m1/s1. The van der Waals surface area contributed by atoms with Crippen LogP contribution >= 0.6 is 11.3 Å². The number of nitrogens with one attached hydrogen (secondary N) is 2. The van der Waals surface area contributed by atoms with Gasteiger partial charge >= 0.3 is 6.03 Å². The van der Waals surface area contributed by atoms with Crippen LogP contribution in [0.2, 0.25) is 0 Å². The number of carbonyl (C=O) groups excluding carboxylic acids is 1. The summed E-state index contributed by atoms with van der Waals surface area (Å²) in [7, 11) is 0. The van der Waals surface area contributed by atoms with Gasteiger partial charge in [0.15, 0.2) is 5.13 Å². The van der Waals surface area contributed by atoms with Gasteiger partial charge in [-0.05, 0) is 33.1 Å². The number of aryl methyl sites for hydroxylation is 2. The van der Waals surface area contributed by atoms with Crippen molar-refractivity contribution >= 4 is 22.5 Å². The van der Waals surface area contributed by atoms with Crippen molar-refractivity contribution in [3.05, 3.63) is 10.6 Å². The topological polar surface area (TPSA) is 66.5 Å². The van der Waals surface area contributed by atoms with Crippen molar-refractivity contribution in [2.45, 2.75) is 45.2 Å². The molecule has 0 bridgehead atoms. The maximum absolute atomic E-state index is 12.0. The Morgan fingerprint density at radius 3 is 2.68 bits per heavy atom. The number of piperidine rings is 1. The molecule has 7 heteroatoms. The zero-order chi connectivity index (χ0) is 15.5. The van der Waals surface area contributed by atoms with Crippen molar-refractivity contribution in [2.24, 2.45) is 0 Å². The molecule has 0 aromatic carbocycles. The summed E-state index contributed by atoms with van der Waals surface area (Å²) in [5, 5.41) is 6.58. The quantitative estimate of drug-likeness (QED) is 0.894. The van der Waals surface area contributed by atoms with Crippen LogP contribution in [0.4, 0.5) is 9.93 Å². The first-order valence-corrected chi connectivity index (χ1v) is 8.77. The molecule has 1 atom stereocenters. The Hall–Kier alpha value is -1.18. The van der Waals surface area contributed by atoms with E-state index in [1.165, 1.54) is 11.3 Å². The van der Waals surface area contributed by atoms with Crippen molar-refractivity contribution in [1.29, 1.82) is 0 Å². The Morgan fingerprint density at radius 2 is 2.09 bits per heavy atom. The van der Waals surface area contributed by atoms with Gasteiger partial charge in [-0.2, -0.15) is 0 Å². The summed E-state index contributed by atoms with van der Waals surface area (Å²) in [5.74, 6) is 0. The average molecular weight is 324 g/mol. The maximum Gasteiger partial charge on any atom is 0.321 e. The fourth-order valence-corrected chi connectivity index (χ4v) is 3.87. The Kier molecular flexibility index (Phi) is 4.95. The van der Waals surface area contributed by atoms with Crippen LogP contribution < -0.4 is 10.6 Å². The molecule has 0 unspecified atom stereocenters. The number of amides is 2. The summed E-state index contributed by atoms with van der Waals surface area (Å²) in [6, 6.07) is 0.688. The summed E-state index contributed by atoms with van der Waals surface area (Å²) in [5.41, 5.74) is 0.979. The highest BCUT2D eigenvalue weighted by atomic mass is 32.1. The van der Waals surface area contributed by atoms with E-state index in [4.69, 9.17) is 4.74 Å². The fraction of sp³-hybridized carbons (Fsp3) is 0.733. The lowest BCUT2D eigenvalue weighted by molar-refractivity contribution is 0.118. The summed E-state index contributed by atoms with van der Waals surface area (Å²) < 4.78 is 5.45. The second-order valence-corrected chi connectivity index (χ2v) is 7.29. The number of urea groups is 1. The largest absolute Gasteiger partial charge is 0.380 e. The molecule has 0 aliphatic carbocycles. The second kappa shape index (κ2) is 6.93. The number of ether oxygens (including phenoxy) is 1. The predicted octanol–water partition coefficient (Wildman–Crippen LogP) is 2.13. The van der Waals surface area contributed by atoms with Crippen LogP contribution in [-0.2, 0) is 4.74 Å². The third-order valence-electron chi connectivity index (χ3n) is 4.54. The fourth-order valence-electron chi connectivity index (χ4n) is 3.06. The van der Waals surface area contributed by atoms with E-state index < -0.39 is 0 Å². The molecule has 2 saturated heterocycles. The van der Waals surface area contributed by atoms with Gasteiger partial charge in [-0.3, -0.25) is 10.2 Å². The van der Waals surface area contributed by atoms with Crippen molar-refractivity contribution in [3.8, 4) is 0 Å². The monoisotopic (exact) mass is 324 g/mol. The van der Waals surface area contributed by atoms with Crippen molar-refractivity contribution in [3.63, 3.8) is 0 Å². The molecule has 3 rings (SSSR count). The zero-order valence-electron chi connectivity index (χ0n) is 13.2. The van der Waals surface area contributed by atoms with Crippen molar-refractivity contribution in [1.82, 2.24) is 15.2 Å². The van der Waals surface area contributed by atoms with Gasteiger partial charge in [0.2, 0.25) is 0 Å². The van der Waals surface area contributed by atoms with E-state index >= 15 is 0 Å². The summed E-state index contributed by atoms with van der Waals surface area (Å²) in [6.45, 7) is 7.79. The minimum Gasteiger partial charge on any atom is -0.380 e. The first-order valence-electron chi connectivity index (χ1n) is 7.95. The van der Waals surface area contributed by atoms with Gasteiger partial charge in [0.25, 0.3) is 0 Å². The molecular formula is C15H24N4O2S. The van der Waals surface area contributed by atoms with Gasteiger partial charge in [0.05, 0.1) is 12.3 Å². The molecule has 2 aliphatic rings. The van der Waals surface area contributed by atoms with E-state index in [-0.39, 0.29) is 12.1 Å². The number of aromatic nitrogens is 1. The molecule has 6 nitrogen and oxygen atoms in total. The summed E-state index contributed by atoms with van der Waals surface area (Å²) in [4.78, 5) is 20.0. The minimum absolute atomic E-state index is 0.142. The first kappa shape index (κ1) is 15.7. The number of nitrogens with zero attached hydrogens (tertiary/aromatic N) is 2. The average Bonchev–Trinajstić information content (AvgIpc) is 3.11. The number of hydrogen-bond acceptors (Lipinski definition) is 5. The molecule has 2 fully saturated rings. The molecule has 22 heavy (non-hydrogen) atoms. The van der Waals surface area contributed by atoms with E-state index in [0.29, 0.717) is 11.2 Å². The van der Waals surface area contributed by atoms with E-state index in [9.17, 15) is 4.79 Å². The van der Waals surface area contributed by atoms with Crippen LogP contribution in [0.5, 0.6) is 0 Å². The molecule has 0 saturated carbocycles. The molecule has 0 spiro atoms. The van der Waals surface area contributed by atoms with Crippen LogP contribution in [-0.4, -0.2) is 54.3 Å². The summed E-state index contributed by atoms with van der Waals surface area (Å²) in [6.07, 6.45) is 3.14. The highest BCUT2D eigenvalue weighted by molar-refractivity contribution is 7.15. The Balaban J connectivity index is 1.43. The Morgan fingerprint density at radius 1 is 1.32 bits per heavy atom. The number of carbonyl (C=O) groups is 1. The lowest BCUT2D eigenvalue weighted by Crippen LogP contribution is -2.49. The van der Waals surface area contributed by atoms with Gasteiger partial charge in [-0.25, -0.2) is 9.78 Å². The third kappa shape index (κ3) is 3.77. The smallest absolute Gasteiger partial charge is 0.321 e. The van der Waals surface area contributed by atoms with Crippen LogP contribution in [0, 0.1) is 13.8 Å². The first-order chi connectivity index (χ1) is 10.6. The molecule has 0 radical (unpaired) electrons. The lowest BCUT2D eigenvalue weighted by Gasteiger charge is -2.35. The molecule has 1 aromatic heterocycles. The minimum atomic E-state index is -0.142. The van der Waals surface area contributed by atoms with Crippen LogP contribution in [0.3, 0.4) is 0 Å². The van der Waals surface area contributed by atoms with Crippen molar-refractivity contribution in [2.75, 3.05) is 31.6 Å². The van der Waals surface area contributed by atoms with Crippen LogP contribution in [0.25, 0.3) is 0 Å². The van der Waals surface area contributed by atoms with Crippen LogP contribution in [0.15, 0.2) is 0 Å². The highest BCUT2D eigenvalue weighted by Crippen LogP contribution is 2.21. The number of thiazole rings is 1. The molecule has 1 aromatic rings.